The number of piperidine rings is 1. The molecule has 1 atom stereocenters. The van der Waals surface area contributed by atoms with E-state index in [1.165, 1.54) is 6.42 Å². The van der Waals surface area contributed by atoms with Crippen LogP contribution < -0.4 is 0 Å². The molecule has 0 radical (unpaired) electrons. The van der Waals surface area contributed by atoms with Crippen molar-refractivity contribution in [3.63, 3.8) is 0 Å². The number of hydrogen-bond acceptors (Lipinski definition) is 1. The molecule has 2 nitrogen and oxygen atoms in total. The van der Waals surface area contributed by atoms with Crippen LogP contribution in [-0.4, -0.2) is 24.4 Å². The van der Waals surface area contributed by atoms with Gasteiger partial charge in [0.15, 0.2) is 0 Å². The van der Waals surface area contributed by atoms with Gasteiger partial charge in [0, 0.05) is 19.5 Å². The van der Waals surface area contributed by atoms with Crippen molar-refractivity contribution in [2.45, 2.75) is 40.0 Å². The fraction of sp³-hybridized carbons (Fsp3) is 0.909. The van der Waals surface area contributed by atoms with Crippen LogP contribution in [0.15, 0.2) is 0 Å². The fourth-order valence-electron chi connectivity index (χ4n) is 2.05. The molecule has 0 spiro atoms. The second-order valence-corrected chi connectivity index (χ2v) is 5.36. The Morgan fingerprint density at radius 2 is 2.08 bits per heavy atom. The third kappa shape index (κ3) is 3.02. The van der Waals surface area contributed by atoms with Crippen LogP contribution in [0.5, 0.6) is 0 Å². The highest BCUT2D eigenvalue weighted by atomic mass is 16.2. The van der Waals surface area contributed by atoms with Crippen molar-refractivity contribution in [1.82, 2.24) is 4.90 Å². The number of rotatable bonds is 1. The zero-order valence-electron chi connectivity index (χ0n) is 9.26. The Bertz CT molecular complexity index is 193. The van der Waals surface area contributed by atoms with Gasteiger partial charge in [0.1, 0.15) is 0 Å². The first kappa shape index (κ1) is 10.6. The van der Waals surface area contributed by atoms with E-state index < -0.39 is 0 Å². The largest absolute Gasteiger partial charge is 0.346 e. The Balaban J connectivity index is 2.54. The summed E-state index contributed by atoms with van der Waals surface area (Å²) in [4.78, 5) is 13.6. The number of amides is 1. The van der Waals surface area contributed by atoms with Gasteiger partial charge in [-0.25, -0.2) is 0 Å². The van der Waals surface area contributed by atoms with Crippen molar-refractivity contribution in [2.24, 2.45) is 11.3 Å². The summed E-state index contributed by atoms with van der Waals surface area (Å²) in [5, 5.41) is 0. The average Bonchev–Trinajstić information content (AvgIpc) is 1.96. The molecule has 1 rings (SSSR count). The van der Waals surface area contributed by atoms with Gasteiger partial charge in [-0.15, -0.1) is 0 Å². The number of carbonyl (C=O) groups is 1. The highest BCUT2D eigenvalue weighted by molar-refractivity contribution is 5.79. The van der Waals surface area contributed by atoms with Gasteiger partial charge in [0.2, 0.25) is 5.91 Å². The van der Waals surface area contributed by atoms with E-state index in [9.17, 15) is 4.79 Å². The van der Waals surface area contributed by atoms with Crippen molar-refractivity contribution in [2.75, 3.05) is 13.6 Å². The lowest BCUT2D eigenvalue weighted by Gasteiger charge is -2.32. The SMILES string of the molecule is CN1CCCC(CC(C)(C)C)C1=O. The highest BCUT2D eigenvalue weighted by Crippen LogP contribution is 2.30. The normalized spacial score (nSPS) is 25.1. The third-order valence-electron chi connectivity index (χ3n) is 2.63. The molecule has 0 bridgehead atoms. The average molecular weight is 183 g/mol. The van der Waals surface area contributed by atoms with Crippen LogP contribution in [0.2, 0.25) is 0 Å². The number of nitrogens with zero attached hydrogens (tertiary/aromatic N) is 1. The number of carbonyl (C=O) groups excluding carboxylic acids is 1. The van der Waals surface area contributed by atoms with E-state index in [0.29, 0.717) is 5.91 Å². The predicted octanol–water partition coefficient (Wildman–Crippen LogP) is 2.29. The smallest absolute Gasteiger partial charge is 0.225 e. The molecule has 76 valence electrons. The molecule has 1 saturated heterocycles. The summed E-state index contributed by atoms with van der Waals surface area (Å²) in [7, 11) is 1.91. The Kier molecular flexibility index (Phi) is 2.99. The molecule has 1 heterocycles. The van der Waals surface area contributed by atoms with Crippen LogP contribution in [0.4, 0.5) is 0 Å². The maximum atomic E-state index is 11.7. The minimum atomic E-state index is 0.276. The van der Waals surface area contributed by atoms with Crippen molar-refractivity contribution >= 4 is 5.91 Å². The molecular formula is C11H21NO. The van der Waals surface area contributed by atoms with Gasteiger partial charge in [0.25, 0.3) is 0 Å². The van der Waals surface area contributed by atoms with Crippen LogP contribution in [0, 0.1) is 11.3 Å². The zero-order chi connectivity index (χ0) is 10.1. The van der Waals surface area contributed by atoms with E-state index in [1.807, 2.05) is 11.9 Å². The van der Waals surface area contributed by atoms with Crippen LogP contribution in [0.3, 0.4) is 0 Å². The third-order valence-corrected chi connectivity index (χ3v) is 2.63. The molecule has 0 aromatic rings. The van der Waals surface area contributed by atoms with Gasteiger partial charge in [-0.3, -0.25) is 4.79 Å². The van der Waals surface area contributed by atoms with Crippen molar-refractivity contribution in [3.8, 4) is 0 Å². The molecule has 1 fully saturated rings. The lowest BCUT2D eigenvalue weighted by Crippen LogP contribution is -2.39. The predicted molar refractivity (Wildman–Crippen MR) is 54.4 cm³/mol. The summed E-state index contributed by atoms with van der Waals surface area (Å²) >= 11 is 0. The Morgan fingerprint density at radius 1 is 1.46 bits per heavy atom. The molecular weight excluding hydrogens is 162 g/mol. The molecule has 2 heteroatoms. The van der Waals surface area contributed by atoms with E-state index in [2.05, 4.69) is 20.8 Å². The summed E-state index contributed by atoms with van der Waals surface area (Å²) in [5.41, 5.74) is 0.276. The highest BCUT2D eigenvalue weighted by Gasteiger charge is 2.29. The molecule has 1 amide bonds. The zero-order valence-corrected chi connectivity index (χ0v) is 9.26. The van der Waals surface area contributed by atoms with E-state index in [4.69, 9.17) is 0 Å². The minimum absolute atomic E-state index is 0.276. The standard InChI is InChI=1S/C11H21NO/c1-11(2,3)8-9-6-5-7-12(4)10(9)13/h9H,5-8H2,1-4H3. The van der Waals surface area contributed by atoms with E-state index >= 15 is 0 Å². The fourth-order valence-corrected chi connectivity index (χ4v) is 2.05. The van der Waals surface area contributed by atoms with E-state index in [1.54, 1.807) is 0 Å². The van der Waals surface area contributed by atoms with Crippen LogP contribution in [0.25, 0.3) is 0 Å². The van der Waals surface area contributed by atoms with Gasteiger partial charge in [-0.2, -0.15) is 0 Å². The summed E-state index contributed by atoms with van der Waals surface area (Å²) in [6.07, 6.45) is 3.28. The molecule has 1 unspecified atom stereocenters. The van der Waals surface area contributed by atoms with Gasteiger partial charge >= 0.3 is 0 Å². The maximum absolute atomic E-state index is 11.7. The topological polar surface area (TPSA) is 20.3 Å². The van der Waals surface area contributed by atoms with Crippen molar-refractivity contribution in [3.05, 3.63) is 0 Å². The first-order valence-corrected chi connectivity index (χ1v) is 5.15. The lowest BCUT2D eigenvalue weighted by molar-refractivity contribution is -0.138. The van der Waals surface area contributed by atoms with Crippen LogP contribution in [0.1, 0.15) is 40.0 Å². The van der Waals surface area contributed by atoms with Crippen molar-refractivity contribution in [1.29, 1.82) is 0 Å². The number of hydrogen-bond donors (Lipinski definition) is 0. The van der Waals surface area contributed by atoms with E-state index in [-0.39, 0.29) is 11.3 Å². The summed E-state index contributed by atoms with van der Waals surface area (Å²) in [5.74, 6) is 0.625. The van der Waals surface area contributed by atoms with E-state index in [0.717, 1.165) is 19.4 Å². The van der Waals surface area contributed by atoms with Gasteiger partial charge < -0.3 is 4.90 Å². The molecule has 13 heavy (non-hydrogen) atoms. The first-order chi connectivity index (χ1) is 5.90. The minimum Gasteiger partial charge on any atom is -0.346 e. The summed E-state index contributed by atoms with van der Waals surface area (Å²) < 4.78 is 0. The summed E-state index contributed by atoms with van der Waals surface area (Å²) in [6, 6.07) is 0. The lowest BCUT2D eigenvalue weighted by atomic mass is 9.81. The van der Waals surface area contributed by atoms with Crippen molar-refractivity contribution < 1.29 is 4.79 Å². The molecule has 0 aromatic carbocycles. The first-order valence-electron chi connectivity index (χ1n) is 5.15. The maximum Gasteiger partial charge on any atom is 0.225 e. The second kappa shape index (κ2) is 3.69. The Morgan fingerprint density at radius 3 is 2.62 bits per heavy atom. The van der Waals surface area contributed by atoms with Gasteiger partial charge in [-0.05, 0) is 24.7 Å². The molecule has 1 aliphatic rings. The summed E-state index contributed by atoms with van der Waals surface area (Å²) in [6.45, 7) is 7.55. The number of likely N-dealkylation sites (tertiary alicyclic amines) is 1. The second-order valence-electron chi connectivity index (χ2n) is 5.36. The Labute approximate surface area is 81.3 Å². The molecule has 0 aromatic heterocycles. The molecule has 0 N–H and O–H groups in total. The monoisotopic (exact) mass is 183 g/mol. The molecule has 1 aliphatic heterocycles. The van der Waals surface area contributed by atoms with Gasteiger partial charge in [-0.1, -0.05) is 20.8 Å². The van der Waals surface area contributed by atoms with Gasteiger partial charge in [0.05, 0.1) is 0 Å². The molecule has 0 saturated carbocycles. The Hall–Kier alpha value is -0.530. The molecule has 0 aliphatic carbocycles. The van der Waals surface area contributed by atoms with Crippen LogP contribution in [-0.2, 0) is 4.79 Å². The van der Waals surface area contributed by atoms with Crippen LogP contribution >= 0.6 is 0 Å². The quantitative estimate of drug-likeness (QED) is 0.611.